The molecule has 0 spiro atoms. The lowest BCUT2D eigenvalue weighted by Gasteiger charge is -2.37. The van der Waals surface area contributed by atoms with Gasteiger partial charge in [0.1, 0.15) is 5.82 Å². The summed E-state index contributed by atoms with van der Waals surface area (Å²) in [7, 11) is 4.09. The molecule has 2 aromatic rings. The standard InChI is InChI=1S/C21H27N5/c1-25(2)18-12-10-17(11-13-18)23-21-22-15-16-7-6-14-26(20(16)24-21)19-8-4-3-5-9-19/h6-7,10-13,15,19H,3-5,8-9,14H2,1-2H3,(H,22,23,24). The van der Waals surface area contributed by atoms with Gasteiger partial charge in [-0.05, 0) is 37.1 Å². The second-order valence-corrected chi connectivity index (χ2v) is 7.39. The highest BCUT2D eigenvalue weighted by Crippen LogP contribution is 2.32. The van der Waals surface area contributed by atoms with E-state index in [4.69, 9.17) is 4.98 Å². The summed E-state index contributed by atoms with van der Waals surface area (Å²) in [5.41, 5.74) is 3.30. The fraction of sp³-hybridized carbons (Fsp3) is 0.429. The molecule has 26 heavy (non-hydrogen) atoms. The topological polar surface area (TPSA) is 44.3 Å². The molecule has 0 radical (unpaired) electrons. The van der Waals surface area contributed by atoms with Gasteiger partial charge in [0.05, 0.1) is 0 Å². The van der Waals surface area contributed by atoms with Crippen LogP contribution in [-0.2, 0) is 0 Å². The number of aromatic nitrogens is 2. The first-order chi connectivity index (χ1) is 12.7. The molecule has 5 heteroatoms. The molecule has 1 aromatic heterocycles. The van der Waals surface area contributed by atoms with E-state index in [2.05, 4.69) is 56.5 Å². The third-order valence-electron chi connectivity index (χ3n) is 5.32. The monoisotopic (exact) mass is 349 g/mol. The van der Waals surface area contributed by atoms with Crippen LogP contribution in [-0.4, -0.2) is 36.6 Å². The van der Waals surface area contributed by atoms with Crippen LogP contribution in [0.1, 0.15) is 37.7 Å². The van der Waals surface area contributed by atoms with E-state index >= 15 is 0 Å². The normalized spacial score (nSPS) is 17.1. The Kier molecular flexibility index (Phi) is 4.78. The van der Waals surface area contributed by atoms with Crippen molar-refractivity contribution in [3.63, 3.8) is 0 Å². The average molecular weight is 349 g/mol. The summed E-state index contributed by atoms with van der Waals surface area (Å²) in [4.78, 5) is 13.9. The van der Waals surface area contributed by atoms with Crippen molar-refractivity contribution in [2.75, 3.05) is 35.8 Å². The van der Waals surface area contributed by atoms with Crippen LogP contribution in [0.4, 0.5) is 23.1 Å². The first-order valence-corrected chi connectivity index (χ1v) is 9.55. The highest BCUT2D eigenvalue weighted by Gasteiger charge is 2.25. The molecule has 1 N–H and O–H groups in total. The van der Waals surface area contributed by atoms with Gasteiger partial charge in [-0.15, -0.1) is 0 Å². The zero-order valence-electron chi connectivity index (χ0n) is 15.7. The van der Waals surface area contributed by atoms with Crippen LogP contribution in [0.3, 0.4) is 0 Å². The van der Waals surface area contributed by atoms with Crippen LogP contribution in [0.2, 0.25) is 0 Å². The molecule has 1 saturated carbocycles. The van der Waals surface area contributed by atoms with Crippen LogP contribution < -0.4 is 15.1 Å². The lowest BCUT2D eigenvalue weighted by atomic mass is 9.93. The molecular weight excluding hydrogens is 322 g/mol. The molecule has 136 valence electrons. The van der Waals surface area contributed by atoms with Crippen LogP contribution in [0.5, 0.6) is 0 Å². The molecule has 1 aromatic carbocycles. The Morgan fingerprint density at radius 3 is 2.58 bits per heavy atom. The Labute approximate surface area is 155 Å². The molecule has 1 aliphatic carbocycles. The van der Waals surface area contributed by atoms with E-state index in [1.54, 1.807) is 0 Å². The zero-order valence-corrected chi connectivity index (χ0v) is 15.7. The smallest absolute Gasteiger partial charge is 0.229 e. The van der Waals surface area contributed by atoms with Gasteiger partial charge in [0, 0.05) is 49.8 Å². The Hall–Kier alpha value is -2.56. The summed E-state index contributed by atoms with van der Waals surface area (Å²) < 4.78 is 0. The van der Waals surface area contributed by atoms with Crippen molar-refractivity contribution in [3.8, 4) is 0 Å². The number of nitrogens with one attached hydrogen (secondary N) is 1. The number of fused-ring (bicyclic) bond motifs is 1. The SMILES string of the molecule is CN(C)c1ccc(Nc2ncc3c(n2)N(C2CCCCC2)CC=C3)cc1. The van der Waals surface area contributed by atoms with Crippen molar-refractivity contribution < 1.29 is 0 Å². The van der Waals surface area contributed by atoms with Gasteiger partial charge in [0.2, 0.25) is 5.95 Å². The third kappa shape index (κ3) is 3.52. The highest BCUT2D eigenvalue weighted by atomic mass is 15.3. The lowest BCUT2D eigenvalue weighted by Crippen LogP contribution is -2.39. The molecule has 0 amide bonds. The van der Waals surface area contributed by atoms with E-state index in [0.717, 1.165) is 23.6 Å². The van der Waals surface area contributed by atoms with E-state index in [-0.39, 0.29) is 0 Å². The largest absolute Gasteiger partial charge is 0.378 e. The summed E-state index contributed by atoms with van der Waals surface area (Å²) in [6, 6.07) is 8.93. The van der Waals surface area contributed by atoms with E-state index in [0.29, 0.717) is 12.0 Å². The number of anilines is 4. The molecule has 0 saturated heterocycles. The molecule has 2 aliphatic rings. The maximum absolute atomic E-state index is 4.86. The van der Waals surface area contributed by atoms with E-state index in [9.17, 15) is 0 Å². The van der Waals surface area contributed by atoms with Crippen LogP contribution in [0.15, 0.2) is 36.5 Å². The van der Waals surface area contributed by atoms with Crippen molar-refractivity contribution in [2.45, 2.75) is 38.1 Å². The van der Waals surface area contributed by atoms with E-state index < -0.39 is 0 Å². The quantitative estimate of drug-likeness (QED) is 0.883. The van der Waals surface area contributed by atoms with E-state index in [1.807, 2.05) is 20.3 Å². The molecule has 1 aliphatic heterocycles. The van der Waals surface area contributed by atoms with Gasteiger partial charge in [-0.2, -0.15) is 4.98 Å². The summed E-state index contributed by atoms with van der Waals surface area (Å²) in [5, 5.41) is 3.35. The Morgan fingerprint density at radius 1 is 1.08 bits per heavy atom. The highest BCUT2D eigenvalue weighted by molar-refractivity contribution is 5.70. The summed E-state index contributed by atoms with van der Waals surface area (Å²) >= 11 is 0. The van der Waals surface area contributed by atoms with Crippen molar-refractivity contribution in [3.05, 3.63) is 42.1 Å². The van der Waals surface area contributed by atoms with E-state index in [1.165, 1.54) is 37.8 Å². The number of hydrogen-bond acceptors (Lipinski definition) is 5. The second-order valence-electron chi connectivity index (χ2n) is 7.39. The minimum Gasteiger partial charge on any atom is -0.378 e. The van der Waals surface area contributed by atoms with Gasteiger partial charge < -0.3 is 15.1 Å². The van der Waals surface area contributed by atoms with Crippen molar-refractivity contribution in [1.82, 2.24) is 9.97 Å². The second kappa shape index (κ2) is 7.36. The van der Waals surface area contributed by atoms with Gasteiger partial charge >= 0.3 is 0 Å². The molecular formula is C21H27N5. The summed E-state index contributed by atoms with van der Waals surface area (Å²) in [6.45, 7) is 0.950. The Bertz CT molecular complexity index is 775. The van der Waals surface area contributed by atoms with Gasteiger partial charge in [-0.3, -0.25) is 0 Å². The number of rotatable bonds is 4. The predicted molar refractivity (Wildman–Crippen MR) is 109 cm³/mol. The lowest BCUT2D eigenvalue weighted by molar-refractivity contribution is 0.419. The molecule has 4 rings (SSSR count). The van der Waals surface area contributed by atoms with Crippen molar-refractivity contribution >= 4 is 29.2 Å². The van der Waals surface area contributed by atoms with Gasteiger partial charge in [-0.25, -0.2) is 4.98 Å². The zero-order chi connectivity index (χ0) is 17.9. The number of benzene rings is 1. The fourth-order valence-electron chi connectivity index (χ4n) is 3.86. The molecule has 1 fully saturated rings. The summed E-state index contributed by atoms with van der Waals surface area (Å²) in [6.07, 6.45) is 12.9. The Morgan fingerprint density at radius 2 is 1.85 bits per heavy atom. The molecule has 0 atom stereocenters. The molecule has 0 bridgehead atoms. The van der Waals surface area contributed by atoms with Gasteiger partial charge in [0.25, 0.3) is 0 Å². The third-order valence-corrected chi connectivity index (χ3v) is 5.32. The van der Waals surface area contributed by atoms with Crippen molar-refractivity contribution in [2.24, 2.45) is 0 Å². The molecule has 0 unspecified atom stereocenters. The van der Waals surface area contributed by atoms with Crippen molar-refractivity contribution in [1.29, 1.82) is 0 Å². The van der Waals surface area contributed by atoms with Gasteiger partial charge in [0.15, 0.2) is 0 Å². The maximum Gasteiger partial charge on any atom is 0.229 e. The first kappa shape index (κ1) is 16.9. The van der Waals surface area contributed by atoms with Crippen LogP contribution >= 0.6 is 0 Å². The number of nitrogens with zero attached hydrogens (tertiary/aromatic N) is 4. The Balaban J connectivity index is 1.56. The van der Waals surface area contributed by atoms with Gasteiger partial charge in [-0.1, -0.05) is 31.4 Å². The molecule has 5 nitrogen and oxygen atoms in total. The van der Waals surface area contributed by atoms with Crippen LogP contribution in [0, 0.1) is 0 Å². The fourth-order valence-corrected chi connectivity index (χ4v) is 3.86. The number of hydrogen-bond donors (Lipinski definition) is 1. The maximum atomic E-state index is 4.86. The summed E-state index contributed by atoms with van der Waals surface area (Å²) in [5.74, 6) is 1.74. The molecule has 2 heterocycles. The first-order valence-electron chi connectivity index (χ1n) is 9.55. The minimum absolute atomic E-state index is 0.606. The minimum atomic E-state index is 0.606. The average Bonchev–Trinajstić information content (AvgIpc) is 2.68. The van der Waals surface area contributed by atoms with Crippen LogP contribution in [0.25, 0.3) is 6.08 Å². The predicted octanol–water partition coefficient (Wildman–Crippen LogP) is 4.45.